The summed E-state index contributed by atoms with van der Waals surface area (Å²) in [5, 5.41) is 2.73. The normalized spacial score (nSPS) is 14.0. The summed E-state index contributed by atoms with van der Waals surface area (Å²) in [6, 6.07) is 12.5. The van der Waals surface area contributed by atoms with Crippen LogP contribution in [0, 0.1) is 0 Å². The molecule has 1 aliphatic rings. The molecule has 5 nitrogen and oxygen atoms in total. The fourth-order valence-corrected chi connectivity index (χ4v) is 2.73. The topological polar surface area (TPSA) is 58.6 Å². The summed E-state index contributed by atoms with van der Waals surface area (Å²) in [7, 11) is 0. The molecule has 2 aromatic carbocycles. The Kier molecular flexibility index (Phi) is 4.92. The summed E-state index contributed by atoms with van der Waals surface area (Å²) in [6.45, 7) is -2.36. The van der Waals surface area contributed by atoms with E-state index < -0.39 is 12.5 Å². The van der Waals surface area contributed by atoms with Crippen molar-refractivity contribution in [2.24, 2.45) is 0 Å². The van der Waals surface area contributed by atoms with E-state index in [2.05, 4.69) is 10.1 Å². The molecule has 0 saturated carbocycles. The fraction of sp³-hybridized carbons (Fsp3) is 0.222. The van der Waals surface area contributed by atoms with Gasteiger partial charge in [0.05, 0.1) is 11.4 Å². The van der Waals surface area contributed by atoms with Gasteiger partial charge in [-0.15, -0.1) is 0 Å². The predicted octanol–water partition coefficient (Wildman–Crippen LogP) is 3.67. The first-order valence-corrected chi connectivity index (χ1v) is 7.80. The Hall–Kier alpha value is -2.96. The van der Waals surface area contributed by atoms with Crippen molar-refractivity contribution in [2.45, 2.75) is 19.5 Å². The maximum absolute atomic E-state index is 12.4. The number of nitrogens with one attached hydrogen (secondary N) is 1. The van der Waals surface area contributed by atoms with Gasteiger partial charge in [-0.05, 0) is 36.8 Å². The van der Waals surface area contributed by atoms with Crippen molar-refractivity contribution in [3.05, 3.63) is 54.1 Å². The third kappa shape index (κ3) is 3.93. The second-order valence-electron chi connectivity index (χ2n) is 5.53. The largest absolute Gasteiger partial charge is 0.435 e. The van der Waals surface area contributed by atoms with E-state index in [0.29, 0.717) is 24.3 Å². The van der Waals surface area contributed by atoms with Gasteiger partial charge in [-0.3, -0.25) is 9.59 Å². The van der Waals surface area contributed by atoms with E-state index in [-0.39, 0.29) is 17.2 Å². The van der Waals surface area contributed by atoms with Crippen LogP contribution < -0.4 is 15.0 Å². The second kappa shape index (κ2) is 7.29. The zero-order valence-electron chi connectivity index (χ0n) is 13.2. The Bertz CT molecular complexity index is 795. The summed E-state index contributed by atoms with van der Waals surface area (Å²) in [4.78, 5) is 26.0. The highest BCUT2D eigenvalue weighted by Gasteiger charge is 2.24. The van der Waals surface area contributed by atoms with Crippen molar-refractivity contribution >= 4 is 23.2 Å². The third-order valence-electron chi connectivity index (χ3n) is 3.84. The quantitative estimate of drug-likeness (QED) is 0.899. The number of alkyl halides is 2. The lowest BCUT2D eigenvalue weighted by atomic mass is 10.2. The smallest absolute Gasteiger partial charge is 0.387 e. The molecule has 0 atom stereocenters. The van der Waals surface area contributed by atoms with E-state index in [9.17, 15) is 18.4 Å². The van der Waals surface area contributed by atoms with Crippen molar-refractivity contribution in [1.82, 2.24) is 0 Å². The molecule has 1 N–H and O–H groups in total. The molecule has 0 unspecified atom stereocenters. The number of rotatable bonds is 5. The first-order chi connectivity index (χ1) is 12.0. The number of benzene rings is 2. The zero-order valence-corrected chi connectivity index (χ0v) is 13.2. The number of hydrogen-bond donors (Lipinski definition) is 1. The number of carbonyl (C=O) groups excluding carboxylic acids is 2. The Morgan fingerprint density at radius 3 is 2.68 bits per heavy atom. The maximum Gasteiger partial charge on any atom is 0.387 e. The van der Waals surface area contributed by atoms with Crippen LogP contribution in [0.3, 0.4) is 0 Å². The molecule has 2 amide bonds. The van der Waals surface area contributed by atoms with Gasteiger partial charge in [0.15, 0.2) is 0 Å². The highest BCUT2D eigenvalue weighted by atomic mass is 19.3. The monoisotopic (exact) mass is 346 g/mol. The van der Waals surface area contributed by atoms with Crippen LogP contribution in [0.4, 0.5) is 20.2 Å². The Balaban J connectivity index is 1.81. The lowest BCUT2D eigenvalue weighted by Crippen LogP contribution is -2.25. The van der Waals surface area contributed by atoms with Crippen molar-refractivity contribution in [2.75, 3.05) is 16.8 Å². The number of ether oxygens (including phenoxy) is 1. The van der Waals surface area contributed by atoms with E-state index in [1.165, 1.54) is 24.3 Å². The average Bonchev–Trinajstić information content (AvgIpc) is 3.01. The van der Waals surface area contributed by atoms with Gasteiger partial charge in [0, 0.05) is 18.5 Å². The molecule has 2 aromatic rings. The molecule has 0 aromatic heterocycles. The van der Waals surface area contributed by atoms with Gasteiger partial charge in [0.1, 0.15) is 5.75 Å². The van der Waals surface area contributed by atoms with Gasteiger partial charge in [0.2, 0.25) is 5.91 Å². The Labute approximate surface area is 143 Å². The molecule has 0 spiro atoms. The molecule has 1 heterocycles. The molecule has 7 heteroatoms. The molecule has 0 aliphatic carbocycles. The van der Waals surface area contributed by atoms with Crippen LogP contribution in [-0.2, 0) is 4.79 Å². The first-order valence-electron chi connectivity index (χ1n) is 7.80. The van der Waals surface area contributed by atoms with Crippen LogP contribution in [0.15, 0.2) is 48.5 Å². The lowest BCUT2D eigenvalue weighted by Gasteiger charge is -2.20. The van der Waals surface area contributed by atoms with Gasteiger partial charge in [-0.25, -0.2) is 0 Å². The summed E-state index contributed by atoms with van der Waals surface area (Å²) < 4.78 is 28.9. The summed E-state index contributed by atoms with van der Waals surface area (Å²) >= 11 is 0. The van der Waals surface area contributed by atoms with Crippen molar-refractivity contribution in [3.8, 4) is 5.75 Å². The van der Waals surface area contributed by atoms with Crippen LogP contribution in [0.25, 0.3) is 0 Å². The van der Waals surface area contributed by atoms with Gasteiger partial charge < -0.3 is 15.0 Å². The number of hydrogen-bond acceptors (Lipinski definition) is 3. The molecule has 1 fully saturated rings. The fourth-order valence-electron chi connectivity index (χ4n) is 2.73. The van der Waals surface area contributed by atoms with Gasteiger partial charge in [0.25, 0.3) is 5.91 Å². The van der Waals surface area contributed by atoms with Crippen molar-refractivity contribution in [1.29, 1.82) is 0 Å². The van der Waals surface area contributed by atoms with Crippen LogP contribution in [0.2, 0.25) is 0 Å². The molecular weight excluding hydrogens is 330 g/mol. The minimum Gasteiger partial charge on any atom is -0.435 e. The highest BCUT2D eigenvalue weighted by molar-refractivity contribution is 6.08. The number of halogens is 2. The van der Waals surface area contributed by atoms with Gasteiger partial charge >= 0.3 is 6.61 Å². The molecule has 130 valence electrons. The first kappa shape index (κ1) is 16.9. The Morgan fingerprint density at radius 1 is 1.16 bits per heavy atom. The summed E-state index contributed by atoms with van der Waals surface area (Å²) in [5.74, 6) is -0.557. The van der Waals surface area contributed by atoms with Crippen LogP contribution in [-0.4, -0.2) is 25.0 Å². The zero-order chi connectivity index (χ0) is 17.8. The third-order valence-corrected chi connectivity index (χ3v) is 3.84. The van der Waals surface area contributed by atoms with Crippen LogP contribution in [0.5, 0.6) is 5.75 Å². The lowest BCUT2D eigenvalue weighted by molar-refractivity contribution is -0.117. The average molecular weight is 346 g/mol. The van der Waals surface area contributed by atoms with Crippen LogP contribution >= 0.6 is 0 Å². The number of carbonyl (C=O) groups is 2. The SMILES string of the molecule is O=C(Nc1ccccc1N1CCCC1=O)c1cccc(OC(F)F)c1. The maximum atomic E-state index is 12.4. The molecule has 1 saturated heterocycles. The molecule has 0 bridgehead atoms. The molecule has 3 rings (SSSR count). The highest BCUT2D eigenvalue weighted by Crippen LogP contribution is 2.30. The van der Waals surface area contributed by atoms with Crippen molar-refractivity contribution in [3.63, 3.8) is 0 Å². The van der Waals surface area contributed by atoms with Gasteiger partial charge in [-0.2, -0.15) is 8.78 Å². The molecule has 1 aliphatic heterocycles. The molecule has 0 radical (unpaired) electrons. The number of nitrogens with zero attached hydrogens (tertiary/aromatic N) is 1. The van der Waals surface area contributed by atoms with Gasteiger partial charge in [-0.1, -0.05) is 18.2 Å². The molecule has 25 heavy (non-hydrogen) atoms. The van der Waals surface area contributed by atoms with E-state index in [1.54, 1.807) is 29.2 Å². The second-order valence-corrected chi connectivity index (χ2v) is 5.53. The Morgan fingerprint density at radius 2 is 1.96 bits per heavy atom. The number of amides is 2. The van der Waals surface area contributed by atoms with Crippen molar-refractivity contribution < 1.29 is 23.1 Å². The number of para-hydroxylation sites is 2. The van der Waals surface area contributed by atoms with E-state index in [0.717, 1.165) is 6.42 Å². The minimum absolute atomic E-state index is 0.00836. The summed E-state index contributed by atoms with van der Waals surface area (Å²) in [6.07, 6.45) is 1.25. The molecular formula is C18H16F2N2O3. The standard InChI is InChI=1S/C18H16F2N2O3/c19-18(20)25-13-6-3-5-12(11-13)17(24)21-14-7-1-2-8-15(14)22-10-4-9-16(22)23/h1-3,5-8,11,18H,4,9-10H2,(H,21,24). The predicted molar refractivity (Wildman–Crippen MR) is 89.1 cm³/mol. The van der Waals surface area contributed by atoms with Crippen LogP contribution in [0.1, 0.15) is 23.2 Å². The minimum atomic E-state index is -2.96. The number of anilines is 2. The van der Waals surface area contributed by atoms with E-state index in [4.69, 9.17) is 0 Å². The van der Waals surface area contributed by atoms with E-state index in [1.807, 2.05) is 0 Å². The van der Waals surface area contributed by atoms with E-state index >= 15 is 0 Å². The summed E-state index contributed by atoms with van der Waals surface area (Å²) in [5.41, 5.74) is 1.29.